The summed E-state index contributed by atoms with van der Waals surface area (Å²) in [6.45, 7) is 0. The molecule has 21 heavy (non-hydrogen) atoms. The maximum absolute atomic E-state index is 12.2. The quantitative estimate of drug-likeness (QED) is 0.193. The largest absolute Gasteiger partial charge is 0.289 e. The van der Waals surface area contributed by atoms with E-state index in [1.54, 1.807) is 30.3 Å². The number of carbonyl (C=O) groups is 1. The number of nitrogens with zero attached hydrogens (tertiary/aromatic N) is 3. The second-order valence-corrected chi connectivity index (χ2v) is 4.21. The molecular formula is C17H13N3O. The lowest BCUT2D eigenvalue weighted by Gasteiger charge is -1.99. The van der Waals surface area contributed by atoms with Gasteiger partial charge in [0.15, 0.2) is 5.78 Å². The van der Waals surface area contributed by atoms with Crippen molar-refractivity contribution in [3.63, 3.8) is 0 Å². The van der Waals surface area contributed by atoms with Gasteiger partial charge in [0.1, 0.15) is 0 Å². The molecule has 0 N–H and O–H groups in total. The SMILES string of the molecule is [N-]=[N+]=N/C(=C\C=C\c1ccccc1)C(=O)c1ccccc1. The highest BCUT2D eigenvalue weighted by atomic mass is 16.1. The molecule has 0 unspecified atom stereocenters. The molecule has 2 aromatic rings. The number of hydrogen-bond donors (Lipinski definition) is 0. The fourth-order valence-corrected chi connectivity index (χ4v) is 1.75. The molecule has 0 amide bonds. The Kier molecular flexibility index (Phi) is 5.10. The number of ketones is 1. The van der Waals surface area contributed by atoms with Crippen LogP contribution in [0.4, 0.5) is 0 Å². The Morgan fingerprint density at radius 1 is 1.00 bits per heavy atom. The third-order valence-electron chi connectivity index (χ3n) is 2.76. The van der Waals surface area contributed by atoms with Crippen molar-refractivity contribution in [1.29, 1.82) is 0 Å². The Balaban J connectivity index is 2.23. The Bertz CT molecular complexity index is 712. The third kappa shape index (κ3) is 4.20. The summed E-state index contributed by atoms with van der Waals surface area (Å²) < 4.78 is 0. The van der Waals surface area contributed by atoms with Crippen molar-refractivity contribution < 1.29 is 4.79 Å². The second-order valence-electron chi connectivity index (χ2n) is 4.21. The van der Waals surface area contributed by atoms with Crippen molar-refractivity contribution in [3.05, 3.63) is 100 Å². The minimum Gasteiger partial charge on any atom is -0.289 e. The lowest BCUT2D eigenvalue weighted by Crippen LogP contribution is -2.00. The van der Waals surface area contributed by atoms with E-state index >= 15 is 0 Å². The zero-order valence-corrected chi connectivity index (χ0v) is 11.3. The predicted octanol–water partition coefficient (Wildman–Crippen LogP) is 4.78. The van der Waals surface area contributed by atoms with Crippen LogP contribution in [-0.4, -0.2) is 5.78 Å². The molecule has 0 radical (unpaired) electrons. The van der Waals surface area contributed by atoms with Crippen LogP contribution >= 0.6 is 0 Å². The van der Waals surface area contributed by atoms with E-state index in [4.69, 9.17) is 5.53 Å². The van der Waals surface area contributed by atoms with Crippen molar-refractivity contribution in [2.24, 2.45) is 5.11 Å². The van der Waals surface area contributed by atoms with Crippen molar-refractivity contribution >= 4 is 11.9 Å². The Morgan fingerprint density at radius 2 is 1.62 bits per heavy atom. The molecule has 0 saturated carbocycles. The van der Waals surface area contributed by atoms with Gasteiger partial charge in [-0.05, 0) is 17.2 Å². The molecule has 2 rings (SSSR count). The summed E-state index contributed by atoms with van der Waals surface area (Å²) in [5.41, 5.74) is 10.1. The van der Waals surface area contributed by atoms with Crippen molar-refractivity contribution in [2.75, 3.05) is 0 Å². The summed E-state index contributed by atoms with van der Waals surface area (Å²) in [6, 6.07) is 18.4. The van der Waals surface area contributed by atoms with Gasteiger partial charge in [-0.25, -0.2) is 0 Å². The lowest BCUT2D eigenvalue weighted by molar-refractivity contribution is 0.103. The molecule has 0 aliphatic rings. The van der Waals surface area contributed by atoms with Gasteiger partial charge in [-0.3, -0.25) is 4.79 Å². The first kappa shape index (κ1) is 14.3. The van der Waals surface area contributed by atoms with Crippen LogP contribution < -0.4 is 0 Å². The molecule has 0 bridgehead atoms. The molecule has 0 aliphatic carbocycles. The van der Waals surface area contributed by atoms with Crippen molar-refractivity contribution in [2.45, 2.75) is 0 Å². The van der Waals surface area contributed by atoms with Crippen LogP contribution in [0.5, 0.6) is 0 Å². The van der Waals surface area contributed by atoms with Gasteiger partial charge in [-0.1, -0.05) is 77.9 Å². The van der Waals surface area contributed by atoms with Crippen LogP contribution in [0, 0.1) is 0 Å². The number of carbonyl (C=O) groups excluding carboxylic acids is 1. The number of Topliss-reactive ketones (excluding diaryl/α,β-unsaturated/α-hetero) is 1. The zero-order chi connectivity index (χ0) is 14.9. The second kappa shape index (κ2) is 7.48. The van der Waals surface area contributed by atoms with E-state index in [9.17, 15) is 4.79 Å². The lowest BCUT2D eigenvalue weighted by atomic mass is 10.1. The fraction of sp³-hybridized carbons (Fsp3) is 0. The van der Waals surface area contributed by atoms with Crippen LogP contribution in [0.2, 0.25) is 0 Å². The molecule has 0 aromatic heterocycles. The summed E-state index contributed by atoms with van der Waals surface area (Å²) in [5.74, 6) is -0.300. The third-order valence-corrected chi connectivity index (χ3v) is 2.76. The topological polar surface area (TPSA) is 65.8 Å². The average molecular weight is 275 g/mol. The van der Waals surface area contributed by atoms with E-state index in [0.29, 0.717) is 5.56 Å². The number of hydrogen-bond acceptors (Lipinski definition) is 2. The molecule has 4 heteroatoms. The van der Waals surface area contributed by atoms with E-state index in [-0.39, 0.29) is 11.5 Å². The molecule has 0 saturated heterocycles. The molecule has 0 heterocycles. The van der Waals surface area contributed by atoms with E-state index in [1.165, 1.54) is 6.08 Å². The standard InChI is InChI=1S/C17H13N3O/c18-20-19-16(17(21)15-11-5-2-6-12-15)13-7-10-14-8-3-1-4-9-14/h1-13H/b10-7+,16-13-. The first-order valence-corrected chi connectivity index (χ1v) is 6.39. The van der Waals surface area contributed by atoms with Gasteiger partial charge in [0, 0.05) is 10.5 Å². The molecule has 102 valence electrons. The minimum absolute atomic E-state index is 0.0656. The summed E-state index contributed by atoms with van der Waals surface area (Å²) in [7, 11) is 0. The van der Waals surface area contributed by atoms with Gasteiger partial charge in [-0.15, -0.1) is 0 Å². The molecule has 0 spiro atoms. The highest BCUT2D eigenvalue weighted by Crippen LogP contribution is 2.11. The first-order chi connectivity index (χ1) is 10.3. The van der Waals surface area contributed by atoms with Gasteiger partial charge in [0.25, 0.3) is 0 Å². The molecule has 0 atom stereocenters. The highest BCUT2D eigenvalue weighted by Gasteiger charge is 2.09. The highest BCUT2D eigenvalue weighted by molar-refractivity contribution is 6.08. The van der Waals surface area contributed by atoms with Gasteiger partial charge in [-0.2, -0.15) is 0 Å². The zero-order valence-electron chi connectivity index (χ0n) is 11.3. The van der Waals surface area contributed by atoms with E-state index in [2.05, 4.69) is 10.0 Å². The Morgan fingerprint density at radius 3 is 2.24 bits per heavy atom. The predicted molar refractivity (Wildman–Crippen MR) is 83.5 cm³/mol. The van der Waals surface area contributed by atoms with Crippen LogP contribution in [0.1, 0.15) is 15.9 Å². The van der Waals surface area contributed by atoms with E-state index < -0.39 is 0 Å². The first-order valence-electron chi connectivity index (χ1n) is 6.39. The van der Waals surface area contributed by atoms with Crippen molar-refractivity contribution in [1.82, 2.24) is 0 Å². The molecule has 2 aromatic carbocycles. The number of allylic oxidation sites excluding steroid dienone is 3. The summed E-state index contributed by atoms with van der Waals surface area (Å²) in [6.07, 6.45) is 5.05. The van der Waals surface area contributed by atoms with Crippen molar-refractivity contribution in [3.8, 4) is 0 Å². The summed E-state index contributed by atoms with van der Waals surface area (Å²) in [5, 5.41) is 3.47. The van der Waals surface area contributed by atoms with Gasteiger partial charge >= 0.3 is 0 Å². The number of benzene rings is 2. The van der Waals surface area contributed by atoms with Gasteiger partial charge < -0.3 is 0 Å². The molecule has 0 fully saturated rings. The minimum atomic E-state index is -0.300. The van der Waals surface area contributed by atoms with Crippen LogP contribution in [0.15, 0.2) is 83.6 Å². The molecule has 4 nitrogen and oxygen atoms in total. The monoisotopic (exact) mass is 275 g/mol. The van der Waals surface area contributed by atoms with Crippen LogP contribution in [0.3, 0.4) is 0 Å². The van der Waals surface area contributed by atoms with E-state index in [0.717, 1.165) is 5.56 Å². The Labute approximate surface area is 122 Å². The van der Waals surface area contributed by atoms with Crippen LogP contribution in [-0.2, 0) is 0 Å². The van der Waals surface area contributed by atoms with E-state index in [1.807, 2.05) is 42.5 Å². The van der Waals surface area contributed by atoms with Crippen LogP contribution in [0.25, 0.3) is 16.5 Å². The fourth-order valence-electron chi connectivity index (χ4n) is 1.75. The normalized spacial score (nSPS) is 11.1. The molecular weight excluding hydrogens is 262 g/mol. The van der Waals surface area contributed by atoms with Gasteiger partial charge in [0.2, 0.25) is 0 Å². The molecule has 0 aliphatic heterocycles. The summed E-state index contributed by atoms with van der Waals surface area (Å²) in [4.78, 5) is 14.9. The Hall–Kier alpha value is -3.10. The maximum Gasteiger partial charge on any atom is 0.195 e. The smallest absolute Gasteiger partial charge is 0.195 e. The summed E-state index contributed by atoms with van der Waals surface area (Å²) >= 11 is 0. The maximum atomic E-state index is 12.2. The number of azide groups is 1. The number of rotatable bonds is 5. The average Bonchev–Trinajstić information content (AvgIpc) is 2.55. The van der Waals surface area contributed by atoms with Gasteiger partial charge in [0.05, 0.1) is 5.70 Å².